The van der Waals surface area contributed by atoms with Crippen LogP contribution in [0.4, 0.5) is 0 Å². The molecule has 4 rings (SSSR count). The molecule has 2 aromatic heterocycles. The highest BCUT2D eigenvalue weighted by Gasteiger charge is 2.34. The van der Waals surface area contributed by atoms with Crippen LogP contribution in [0.25, 0.3) is 4.96 Å². The molecule has 1 saturated heterocycles. The van der Waals surface area contributed by atoms with Gasteiger partial charge < -0.3 is 10.0 Å². The summed E-state index contributed by atoms with van der Waals surface area (Å²) >= 11 is 1.57. The van der Waals surface area contributed by atoms with Gasteiger partial charge in [0.1, 0.15) is 4.88 Å². The molecule has 23 heavy (non-hydrogen) atoms. The monoisotopic (exact) mass is 329 g/mol. The van der Waals surface area contributed by atoms with Gasteiger partial charge in [-0.25, -0.2) is 4.98 Å². The summed E-state index contributed by atoms with van der Waals surface area (Å²) in [6, 6.07) is 10.7. The predicted molar refractivity (Wildman–Crippen MR) is 90.1 cm³/mol. The van der Waals surface area contributed by atoms with Crippen LogP contribution < -0.4 is 4.90 Å². The fourth-order valence-electron chi connectivity index (χ4n) is 3.46. The first kappa shape index (κ1) is 14.7. The van der Waals surface area contributed by atoms with Gasteiger partial charge in [0, 0.05) is 24.8 Å². The smallest absolute Gasteiger partial charge is 0.235 e. The van der Waals surface area contributed by atoms with Crippen LogP contribution in [-0.4, -0.2) is 32.8 Å². The minimum atomic E-state index is 0.164. The van der Waals surface area contributed by atoms with E-state index >= 15 is 0 Å². The summed E-state index contributed by atoms with van der Waals surface area (Å²) in [4.78, 5) is 7.80. The van der Waals surface area contributed by atoms with E-state index in [1.54, 1.807) is 15.9 Å². The van der Waals surface area contributed by atoms with Crippen molar-refractivity contribution >= 4 is 16.3 Å². The van der Waals surface area contributed by atoms with Crippen LogP contribution >= 0.6 is 11.3 Å². The number of nitrogens with zero attached hydrogens (tertiary/aromatic N) is 3. The van der Waals surface area contributed by atoms with E-state index in [2.05, 4.69) is 34.3 Å². The molecule has 1 fully saturated rings. The molecule has 0 spiro atoms. The van der Waals surface area contributed by atoms with E-state index in [9.17, 15) is 5.11 Å². The molecule has 5 nitrogen and oxygen atoms in total. The van der Waals surface area contributed by atoms with Crippen molar-refractivity contribution in [2.75, 3.05) is 13.1 Å². The molecule has 0 bridgehead atoms. The Morgan fingerprint density at radius 2 is 2.00 bits per heavy atom. The van der Waals surface area contributed by atoms with Gasteiger partial charge in [-0.3, -0.25) is 0 Å². The predicted octanol–water partition coefficient (Wildman–Crippen LogP) is 1.83. The Morgan fingerprint density at radius 1 is 1.26 bits per heavy atom. The second-order valence-corrected chi connectivity index (χ2v) is 7.08. The van der Waals surface area contributed by atoms with Gasteiger partial charge in [0.05, 0.1) is 13.1 Å². The molecule has 1 atom stereocenters. The number of nitrogens with one attached hydrogen (secondary N) is 1. The molecule has 1 aliphatic heterocycles. The second-order valence-electron chi connectivity index (χ2n) is 6.07. The standard InChI is InChI=1S/C17H20N4OS/c1-2-13-18-17-21(19-13)16(22)15(23-17)14(20-10-6-7-11-20)12-8-4-3-5-9-12/h3-5,8-9,14,22H,2,6-7,10-11H2,1H3/p+1/t14-/m1/s1. The minimum Gasteiger partial charge on any atom is -0.492 e. The molecule has 0 radical (unpaired) electrons. The summed E-state index contributed by atoms with van der Waals surface area (Å²) in [5.74, 6) is 1.04. The summed E-state index contributed by atoms with van der Waals surface area (Å²) in [6.07, 6.45) is 3.28. The Bertz CT molecular complexity index is 805. The number of benzene rings is 1. The molecular formula is C17H21N4OS+. The lowest BCUT2D eigenvalue weighted by molar-refractivity contribution is -0.913. The molecule has 0 unspecified atom stereocenters. The van der Waals surface area contributed by atoms with E-state index in [4.69, 9.17) is 0 Å². The van der Waals surface area contributed by atoms with Gasteiger partial charge in [-0.05, 0) is 0 Å². The van der Waals surface area contributed by atoms with Gasteiger partial charge in [-0.15, -0.1) is 5.10 Å². The van der Waals surface area contributed by atoms with E-state index in [-0.39, 0.29) is 11.9 Å². The fraction of sp³-hybridized carbons (Fsp3) is 0.412. The van der Waals surface area contributed by atoms with E-state index in [1.807, 2.05) is 13.0 Å². The Morgan fingerprint density at radius 3 is 2.65 bits per heavy atom. The van der Waals surface area contributed by atoms with Gasteiger partial charge in [-0.1, -0.05) is 48.6 Å². The highest BCUT2D eigenvalue weighted by molar-refractivity contribution is 7.17. The maximum atomic E-state index is 10.7. The second kappa shape index (κ2) is 5.94. The van der Waals surface area contributed by atoms with Crippen molar-refractivity contribution in [2.45, 2.75) is 32.2 Å². The van der Waals surface area contributed by atoms with E-state index < -0.39 is 0 Å². The normalized spacial score (nSPS) is 17.1. The number of rotatable bonds is 4. The first-order valence-electron chi connectivity index (χ1n) is 8.24. The van der Waals surface area contributed by atoms with Crippen LogP contribution in [-0.2, 0) is 6.42 Å². The zero-order valence-corrected chi connectivity index (χ0v) is 14.0. The average Bonchev–Trinajstić information content (AvgIpc) is 3.29. The number of aromatic nitrogens is 3. The van der Waals surface area contributed by atoms with Crippen LogP contribution in [0, 0.1) is 0 Å². The third-order valence-electron chi connectivity index (χ3n) is 4.61. The van der Waals surface area contributed by atoms with E-state index in [0.29, 0.717) is 0 Å². The fourth-order valence-corrected chi connectivity index (χ4v) is 4.62. The van der Waals surface area contributed by atoms with Gasteiger partial charge in [0.15, 0.2) is 11.9 Å². The summed E-state index contributed by atoms with van der Waals surface area (Å²) < 4.78 is 1.60. The van der Waals surface area contributed by atoms with Crippen molar-refractivity contribution in [3.63, 3.8) is 0 Å². The van der Waals surface area contributed by atoms with Crippen LogP contribution in [0.3, 0.4) is 0 Å². The van der Waals surface area contributed by atoms with Crippen LogP contribution in [0.5, 0.6) is 5.88 Å². The lowest BCUT2D eigenvalue weighted by atomic mass is 10.0. The van der Waals surface area contributed by atoms with Crippen molar-refractivity contribution < 1.29 is 10.0 Å². The summed E-state index contributed by atoms with van der Waals surface area (Å²) in [7, 11) is 0. The Balaban J connectivity index is 1.82. The number of hydrogen-bond donors (Lipinski definition) is 2. The number of aromatic hydroxyl groups is 1. The topological polar surface area (TPSA) is 54.9 Å². The van der Waals surface area contributed by atoms with Gasteiger partial charge in [-0.2, -0.15) is 4.52 Å². The van der Waals surface area contributed by atoms with Crippen LogP contribution in [0.1, 0.15) is 42.1 Å². The SMILES string of the molecule is CCc1nc2sc([C@@H](c3ccccc3)[NH+]3CCCC3)c(O)n2n1. The van der Waals surface area contributed by atoms with Crippen molar-refractivity contribution in [1.82, 2.24) is 14.6 Å². The maximum Gasteiger partial charge on any atom is 0.235 e. The third-order valence-corrected chi connectivity index (χ3v) is 5.69. The zero-order chi connectivity index (χ0) is 15.8. The Labute approximate surface area is 139 Å². The first-order chi connectivity index (χ1) is 11.3. The maximum absolute atomic E-state index is 10.7. The number of aryl methyl sites for hydroxylation is 1. The molecule has 1 aliphatic rings. The number of likely N-dealkylation sites (tertiary alicyclic amines) is 1. The van der Waals surface area contributed by atoms with Gasteiger partial charge >= 0.3 is 0 Å². The molecule has 3 aromatic rings. The van der Waals surface area contributed by atoms with Crippen molar-refractivity contribution in [3.05, 3.63) is 46.6 Å². The molecule has 6 heteroatoms. The average molecular weight is 329 g/mol. The molecule has 120 valence electrons. The highest BCUT2D eigenvalue weighted by Crippen LogP contribution is 2.35. The summed E-state index contributed by atoms with van der Waals surface area (Å²) in [5, 5.41) is 15.2. The molecule has 0 saturated carbocycles. The number of hydrogen-bond acceptors (Lipinski definition) is 4. The Hall–Kier alpha value is -1.92. The van der Waals surface area contributed by atoms with E-state index in [1.165, 1.54) is 23.3 Å². The van der Waals surface area contributed by atoms with Crippen molar-refractivity contribution in [1.29, 1.82) is 0 Å². The zero-order valence-electron chi connectivity index (χ0n) is 13.2. The van der Waals surface area contributed by atoms with Gasteiger partial charge in [0.25, 0.3) is 0 Å². The van der Waals surface area contributed by atoms with Crippen LogP contribution in [0.2, 0.25) is 0 Å². The minimum absolute atomic E-state index is 0.164. The van der Waals surface area contributed by atoms with E-state index in [0.717, 1.165) is 35.2 Å². The molecular weight excluding hydrogens is 308 g/mol. The number of quaternary nitrogens is 1. The van der Waals surface area contributed by atoms with Gasteiger partial charge in [0.2, 0.25) is 10.8 Å². The highest BCUT2D eigenvalue weighted by atomic mass is 32.1. The largest absolute Gasteiger partial charge is 0.492 e. The molecule has 3 heterocycles. The third kappa shape index (κ3) is 2.52. The summed E-state index contributed by atoms with van der Waals surface area (Å²) in [6.45, 7) is 4.32. The Kier molecular flexibility index (Phi) is 3.79. The lowest BCUT2D eigenvalue weighted by Gasteiger charge is -2.23. The van der Waals surface area contributed by atoms with Crippen molar-refractivity contribution in [2.24, 2.45) is 0 Å². The molecule has 0 aliphatic carbocycles. The van der Waals surface area contributed by atoms with Crippen LogP contribution in [0.15, 0.2) is 30.3 Å². The summed E-state index contributed by atoms with van der Waals surface area (Å²) in [5.41, 5.74) is 1.25. The molecule has 1 aromatic carbocycles. The number of thiazole rings is 1. The van der Waals surface area contributed by atoms with Crippen molar-refractivity contribution in [3.8, 4) is 5.88 Å². The number of fused-ring (bicyclic) bond motifs is 1. The quantitative estimate of drug-likeness (QED) is 0.768. The lowest BCUT2D eigenvalue weighted by Crippen LogP contribution is -3.10. The first-order valence-corrected chi connectivity index (χ1v) is 9.06. The molecule has 0 amide bonds. The molecule has 2 N–H and O–H groups in total.